The number of hydrogen-bond donors (Lipinski definition) is 1. The van der Waals surface area contributed by atoms with E-state index >= 15 is 0 Å². The molecule has 1 aliphatic rings. The number of benzene rings is 2. The van der Waals surface area contributed by atoms with Crippen molar-refractivity contribution < 1.29 is 18.9 Å². The maximum absolute atomic E-state index is 5.99. The Morgan fingerprint density at radius 1 is 1.10 bits per heavy atom. The Morgan fingerprint density at radius 2 is 1.77 bits per heavy atom. The second-order valence-electron chi connectivity index (χ2n) is 6.97. The zero-order valence-electron chi connectivity index (χ0n) is 17.4. The molecule has 1 saturated heterocycles. The van der Waals surface area contributed by atoms with E-state index < -0.39 is 0 Å². The standard InChI is InChI=1S/C22H27ClN2O4S/c1-26-19-12-21(28-3)20(27-2)11-15(19)13-25(14-18-5-4-10-29-18)22(30)24-17-8-6-16(23)7-9-17/h6-9,11-12,18H,4-5,10,13-14H2,1-3H3,(H,24,30). The Kier molecular flexibility index (Phi) is 8.01. The first-order valence-electron chi connectivity index (χ1n) is 9.76. The molecule has 1 aliphatic heterocycles. The number of rotatable bonds is 8. The maximum atomic E-state index is 5.99. The SMILES string of the molecule is COc1cc(OC)c(OC)cc1CN(CC1CCCO1)C(=S)Nc1ccc(Cl)cc1. The maximum Gasteiger partial charge on any atom is 0.173 e. The van der Waals surface area contributed by atoms with Gasteiger partial charge in [0, 0.05) is 42.0 Å². The van der Waals surface area contributed by atoms with Crippen LogP contribution in [0.2, 0.25) is 5.02 Å². The van der Waals surface area contributed by atoms with Gasteiger partial charge in [-0.1, -0.05) is 11.6 Å². The van der Waals surface area contributed by atoms with Gasteiger partial charge < -0.3 is 29.2 Å². The van der Waals surface area contributed by atoms with Gasteiger partial charge in [0.2, 0.25) is 0 Å². The minimum Gasteiger partial charge on any atom is -0.496 e. The van der Waals surface area contributed by atoms with Gasteiger partial charge in [-0.25, -0.2) is 0 Å². The van der Waals surface area contributed by atoms with Crippen molar-refractivity contribution in [2.24, 2.45) is 0 Å². The summed E-state index contributed by atoms with van der Waals surface area (Å²) in [6.45, 7) is 2.00. The van der Waals surface area contributed by atoms with Gasteiger partial charge in [0.05, 0.1) is 27.4 Å². The van der Waals surface area contributed by atoms with Crippen molar-refractivity contribution in [2.45, 2.75) is 25.5 Å². The second-order valence-corrected chi connectivity index (χ2v) is 7.79. The molecule has 0 radical (unpaired) electrons. The quantitative estimate of drug-likeness (QED) is 0.582. The molecule has 0 aliphatic carbocycles. The Bertz CT molecular complexity index is 857. The number of anilines is 1. The van der Waals surface area contributed by atoms with Gasteiger partial charge in [-0.2, -0.15) is 0 Å². The first-order valence-corrected chi connectivity index (χ1v) is 10.5. The van der Waals surface area contributed by atoms with Crippen molar-refractivity contribution in [3.63, 3.8) is 0 Å². The highest BCUT2D eigenvalue weighted by Gasteiger charge is 2.23. The van der Waals surface area contributed by atoms with Crippen molar-refractivity contribution in [1.82, 2.24) is 4.90 Å². The molecule has 1 fully saturated rings. The Morgan fingerprint density at radius 3 is 2.37 bits per heavy atom. The van der Waals surface area contributed by atoms with Gasteiger partial charge in [-0.3, -0.25) is 0 Å². The summed E-state index contributed by atoms with van der Waals surface area (Å²) in [5.41, 5.74) is 1.81. The molecule has 1 heterocycles. The second kappa shape index (κ2) is 10.7. The minimum absolute atomic E-state index is 0.140. The molecule has 162 valence electrons. The van der Waals surface area contributed by atoms with Crippen LogP contribution >= 0.6 is 23.8 Å². The average Bonchev–Trinajstić information content (AvgIpc) is 3.27. The molecule has 2 aromatic rings. The molecule has 0 aromatic heterocycles. The van der Waals surface area contributed by atoms with Crippen LogP contribution in [0.1, 0.15) is 18.4 Å². The number of nitrogens with one attached hydrogen (secondary N) is 1. The minimum atomic E-state index is 0.140. The smallest absolute Gasteiger partial charge is 0.173 e. The van der Waals surface area contributed by atoms with E-state index in [0.29, 0.717) is 40.5 Å². The van der Waals surface area contributed by atoms with E-state index in [1.807, 2.05) is 36.4 Å². The topological polar surface area (TPSA) is 52.2 Å². The molecule has 3 rings (SSSR count). The van der Waals surface area contributed by atoms with Gasteiger partial charge in [0.25, 0.3) is 0 Å². The fraction of sp³-hybridized carbons (Fsp3) is 0.409. The monoisotopic (exact) mass is 450 g/mol. The molecule has 0 amide bonds. The lowest BCUT2D eigenvalue weighted by atomic mass is 10.1. The van der Waals surface area contributed by atoms with Crippen LogP contribution < -0.4 is 19.5 Å². The van der Waals surface area contributed by atoms with E-state index in [-0.39, 0.29) is 6.10 Å². The molecule has 1 unspecified atom stereocenters. The van der Waals surface area contributed by atoms with E-state index in [4.69, 9.17) is 42.8 Å². The van der Waals surface area contributed by atoms with Crippen LogP contribution in [0.25, 0.3) is 0 Å². The number of methoxy groups -OCH3 is 3. The van der Waals surface area contributed by atoms with Crippen LogP contribution in [0.4, 0.5) is 5.69 Å². The summed E-state index contributed by atoms with van der Waals surface area (Å²) in [6, 6.07) is 11.2. The van der Waals surface area contributed by atoms with Crippen molar-refractivity contribution in [2.75, 3.05) is 39.8 Å². The molecule has 0 bridgehead atoms. The molecule has 0 saturated carbocycles. The zero-order valence-corrected chi connectivity index (χ0v) is 19.0. The Hall–Kier alpha value is -2.22. The summed E-state index contributed by atoms with van der Waals surface area (Å²) in [4.78, 5) is 2.09. The van der Waals surface area contributed by atoms with Crippen molar-refractivity contribution >= 4 is 34.6 Å². The van der Waals surface area contributed by atoms with Crippen LogP contribution in [-0.4, -0.2) is 50.6 Å². The highest BCUT2D eigenvalue weighted by Crippen LogP contribution is 2.35. The molecular formula is C22H27ClN2O4S. The first-order chi connectivity index (χ1) is 14.5. The molecule has 8 heteroatoms. The van der Waals surface area contributed by atoms with Crippen LogP contribution in [-0.2, 0) is 11.3 Å². The number of thiocarbonyl (C=S) groups is 1. The predicted molar refractivity (Wildman–Crippen MR) is 123 cm³/mol. The molecule has 30 heavy (non-hydrogen) atoms. The number of nitrogens with zero attached hydrogens (tertiary/aromatic N) is 1. The van der Waals surface area contributed by atoms with Gasteiger partial charge in [-0.15, -0.1) is 0 Å². The van der Waals surface area contributed by atoms with E-state index in [9.17, 15) is 0 Å². The summed E-state index contributed by atoms with van der Waals surface area (Å²) in [6.07, 6.45) is 2.22. The van der Waals surface area contributed by atoms with Crippen LogP contribution in [0.5, 0.6) is 17.2 Å². The lowest BCUT2D eigenvalue weighted by Crippen LogP contribution is -2.39. The van der Waals surface area contributed by atoms with Crippen LogP contribution in [0.3, 0.4) is 0 Å². The van der Waals surface area contributed by atoms with Gasteiger partial charge in [0.15, 0.2) is 16.6 Å². The summed E-state index contributed by atoms with van der Waals surface area (Å²) in [5, 5.41) is 4.58. The van der Waals surface area contributed by atoms with E-state index in [2.05, 4.69) is 10.2 Å². The largest absolute Gasteiger partial charge is 0.496 e. The first kappa shape index (κ1) is 22.5. The molecule has 2 aromatic carbocycles. The molecule has 1 N–H and O–H groups in total. The highest BCUT2D eigenvalue weighted by atomic mass is 35.5. The third-order valence-electron chi connectivity index (χ3n) is 4.98. The predicted octanol–water partition coefficient (Wildman–Crippen LogP) is 4.74. The molecule has 6 nitrogen and oxygen atoms in total. The van der Waals surface area contributed by atoms with Crippen LogP contribution in [0.15, 0.2) is 36.4 Å². The van der Waals surface area contributed by atoms with E-state index in [1.54, 1.807) is 21.3 Å². The van der Waals surface area contributed by atoms with Crippen LogP contribution in [0, 0.1) is 0 Å². The lowest BCUT2D eigenvalue weighted by Gasteiger charge is -2.29. The van der Waals surface area contributed by atoms with E-state index in [0.717, 1.165) is 30.7 Å². The fourth-order valence-corrected chi connectivity index (χ4v) is 3.79. The lowest BCUT2D eigenvalue weighted by molar-refractivity contribution is 0.0903. The van der Waals surface area contributed by atoms with Gasteiger partial charge >= 0.3 is 0 Å². The summed E-state index contributed by atoms with van der Waals surface area (Å²) < 4.78 is 22.3. The highest BCUT2D eigenvalue weighted by molar-refractivity contribution is 7.80. The third kappa shape index (κ3) is 5.68. The summed E-state index contributed by atoms with van der Waals surface area (Å²) in [7, 11) is 4.86. The van der Waals surface area contributed by atoms with Gasteiger partial charge in [-0.05, 0) is 55.4 Å². The number of ether oxygens (including phenoxy) is 4. The summed E-state index contributed by atoms with van der Waals surface area (Å²) in [5.74, 6) is 1.96. The van der Waals surface area contributed by atoms with Crippen molar-refractivity contribution in [3.8, 4) is 17.2 Å². The average molecular weight is 451 g/mol. The third-order valence-corrected chi connectivity index (χ3v) is 5.59. The number of hydrogen-bond acceptors (Lipinski definition) is 5. The number of halogens is 1. The molecule has 0 spiro atoms. The zero-order chi connectivity index (χ0) is 21.5. The Balaban J connectivity index is 1.84. The Labute approximate surface area is 188 Å². The molecular weight excluding hydrogens is 424 g/mol. The van der Waals surface area contributed by atoms with E-state index in [1.165, 1.54) is 0 Å². The normalized spacial score (nSPS) is 15.5. The van der Waals surface area contributed by atoms with Crippen molar-refractivity contribution in [1.29, 1.82) is 0 Å². The molecule has 1 atom stereocenters. The van der Waals surface area contributed by atoms with Crippen molar-refractivity contribution in [3.05, 3.63) is 47.0 Å². The van der Waals surface area contributed by atoms with Gasteiger partial charge in [0.1, 0.15) is 5.75 Å². The summed E-state index contributed by atoms with van der Waals surface area (Å²) >= 11 is 11.7. The fourth-order valence-electron chi connectivity index (χ4n) is 3.41.